The van der Waals surface area contributed by atoms with Crippen LogP contribution >= 0.6 is 46.2 Å². The fraction of sp³-hybridized carbons (Fsp3) is 0.250. The Morgan fingerprint density at radius 2 is 2.10 bits per heavy atom. The summed E-state index contributed by atoms with van der Waals surface area (Å²) in [7, 11) is 0. The molecule has 0 N–H and O–H groups in total. The molecule has 3 aromatic heterocycles. The second kappa shape index (κ2) is 6.30. The Morgan fingerprint density at radius 1 is 1.25 bits per heavy atom. The lowest BCUT2D eigenvalue weighted by atomic mass is 10.4. The quantitative estimate of drug-likeness (QED) is 0.633. The van der Waals surface area contributed by atoms with Crippen molar-refractivity contribution in [3.8, 4) is 10.8 Å². The summed E-state index contributed by atoms with van der Waals surface area (Å²) in [6.07, 6.45) is 2.01. The SMILES string of the molecule is CSc1nnc(SCc2csc(-c3ccc(C)o3)n2)s1. The van der Waals surface area contributed by atoms with Crippen molar-refractivity contribution in [2.24, 2.45) is 0 Å². The van der Waals surface area contributed by atoms with Crippen molar-refractivity contribution < 1.29 is 4.42 Å². The third kappa shape index (κ3) is 3.25. The number of nitrogens with zero attached hydrogens (tertiary/aromatic N) is 3. The van der Waals surface area contributed by atoms with E-state index in [0.29, 0.717) is 0 Å². The van der Waals surface area contributed by atoms with Crippen LogP contribution in [0.15, 0.2) is 30.6 Å². The first-order valence-electron chi connectivity index (χ1n) is 5.76. The van der Waals surface area contributed by atoms with Gasteiger partial charge in [-0.05, 0) is 25.3 Å². The van der Waals surface area contributed by atoms with Crippen LogP contribution in [0, 0.1) is 6.92 Å². The molecule has 0 radical (unpaired) electrons. The summed E-state index contributed by atoms with van der Waals surface area (Å²) in [5.74, 6) is 2.55. The molecule has 3 heterocycles. The highest BCUT2D eigenvalue weighted by molar-refractivity contribution is 8.02. The monoisotopic (exact) mass is 341 g/mol. The van der Waals surface area contributed by atoms with E-state index in [2.05, 4.69) is 20.6 Å². The van der Waals surface area contributed by atoms with Gasteiger partial charge in [0.25, 0.3) is 0 Å². The summed E-state index contributed by atoms with van der Waals surface area (Å²) >= 11 is 6.51. The maximum absolute atomic E-state index is 5.58. The van der Waals surface area contributed by atoms with E-state index in [1.54, 1.807) is 46.2 Å². The van der Waals surface area contributed by atoms with Crippen molar-refractivity contribution in [2.45, 2.75) is 21.4 Å². The predicted octanol–water partition coefficient (Wildman–Crippen LogP) is 4.58. The van der Waals surface area contributed by atoms with Crippen molar-refractivity contribution in [2.75, 3.05) is 6.26 Å². The number of aryl methyl sites for hydroxylation is 1. The van der Waals surface area contributed by atoms with Gasteiger partial charge in [-0.2, -0.15) is 0 Å². The molecule has 0 bridgehead atoms. The molecule has 0 fully saturated rings. The van der Waals surface area contributed by atoms with E-state index in [1.165, 1.54) is 0 Å². The van der Waals surface area contributed by atoms with E-state index >= 15 is 0 Å². The van der Waals surface area contributed by atoms with Crippen LogP contribution in [0.4, 0.5) is 0 Å². The van der Waals surface area contributed by atoms with Crippen LogP contribution in [0.3, 0.4) is 0 Å². The lowest BCUT2D eigenvalue weighted by molar-refractivity contribution is 0.548. The van der Waals surface area contributed by atoms with E-state index in [9.17, 15) is 0 Å². The zero-order valence-electron chi connectivity index (χ0n) is 10.8. The molecule has 0 aliphatic carbocycles. The molecule has 0 spiro atoms. The van der Waals surface area contributed by atoms with E-state index in [1.807, 2.05) is 25.3 Å². The number of rotatable bonds is 5. The van der Waals surface area contributed by atoms with Gasteiger partial charge in [0.05, 0.1) is 5.69 Å². The molecule has 0 saturated heterocycles. The average Bonchev–Trinajstić information content (AvgIpc) is 3.16. The Balaban J connectivity index is 1.65. The number of furan rings is 1. The lowest BCUT2D eigenvalue weighted by Crippen LogP contribution is -1.81. The van der Waals surface area contributed by atoms with Gasteiger partial charge in [0.1, 0.15) is 5.76 Å². The van der Waals surface area contributed by atoms with Crippen molar-refractivity contribution in [1.82, 2.24) is 15.2 Å². The molecular weight excluding hydrogens is 330 g/mol. The van der Waals surface area contributed by atoms with Gasteiger partial charge in [0.2, 0.25) is 0 Å². The first kappa shape index (κ1) is 14.1. The van der Waals surface area contributed by atoms with Gasteiger partial charge in [-0.15, -0.1) is 21.5 Å². The number of aromatic nitrogens is 3. The summed E-state index contributed by atoms with van der Waals surface area (Å²) in [6, 6.07) is 3.91. The highest BCUT2D eigenvalue weighted by Crippen LogP contribution is 2.31. The fourth-order valence-electron chi connectivity index (χ4n) is 1.51. The van der Waals surface area contributed by atoms with Crippen LogP contribution in [0.2, 0.25) is 0 Å². The summed E-state index contributed by atoms with van der Waals surface area (Å²) < 4.78 is 7.56. The van der Waals surface area contributed by atoms with Crippen LogP contribution in [0.25, 0.3) is 10.8 Å². The van der Waals surface area contributed by atoms with E-state index < -0.39 is 0 Å². The molecule has 0 amide bonds. The van der Waals surface area contributed by atoms with Crippen LogP contribution in [0.5, 0.6) is 0 Å². The topological polar surface area (TPSA) is 51.8 Å². The third-order valence-corrected chi connectivity index (χ3v) is 6.38. The molecule has 3 rings (SSSR count). The van der Waals surface area contributed by atoms with Crippen LogP contribution < -0.4 is 0 Å². The fourth-order valence-corrected chi connectivity index (χ4v) is 4.73. The van der Waals surface area contributed by atoms with E-state index in [-0.39, 0.29) is 0 Å². The molecule has 8 heteroatoms. The van der Waals surface area contributed by atoms with Crippen molar-refractivity contribution in [3.63, 3.8) is 0 Å². The van der Waals surface area contributed by atoms with Gasteiger partial charge in [0.15, 0.2) is 19.4 Å². The summed E-state index contributed by atoms with van der Waals surface area (Å²) in [5.41, 5.74) is 1.05. The van der Waals surface area contributed by atoms with Crippen molar-refractivity contribution in [3.05, 3.63) is 29.0 Å². The molecule has 0 aliphatic rings. The Labute approximate surface area is 133 Å². The zero-order chi connectivity index (χ0) is 13.9. The number of thiazole rings is 1. The zero-order valence-corrected chi connectivity index (χ0v) is 14.1. The predicted molar refractivity (Wildman–Crippen MR) is 85.8 cm³/mol. The van der Waals surface area contributed by atoms with Crippen molar-refractivity contribution in [1.29, 1.82) is 0 Å². The van der Waals surface area contributed by atoms with Gasteiger partial charge in [-0.25, -0.2) is 4.98 Å². The molecule has 0 atom stereocenters. The van der Waals surface area contributed by atoms with Crippen LogP contribution in [-0.2, 0) is 5.75 Å². The van der Waals surface area contributed by atoms with E-state index in [0.717, 1.165) is 36.7 Å². The minimum absolute atomic E-state index is 0.805. The molecule has 3 aromatic rings. The summed E-state index contributed by atoms with van der Waals surface area (Å²) in [6.45, 7) is 1.94. The maximum atomic E-state index is 5.58. The first-order valence-corrected chi connectivity index (χ1v) is 9.67. The summed E-state index contributed by atoms with van der Waals surface area (Å²) in [5, 5.41) is 11.2. The van der Waals surface area contributed by atoms with Gasteiger partial charge in [0, 0.05) is 11.1 Å². The smallest absolute Gasteiger partial charge is 0.175 e. The van der Waals surface area contributed by atoms with Crippen molar-refractivity contribution >= 4 is 46.2 Å². The Hall–Kier alpha value is -0.830. The van der Waals surface area contributed by atoms with Gasteiger partial charge >= 0.3 is 0 Å². The van der Waals surface area contributed by atoms with Gasteiger partial charge in [-0.1, -0.05) is 34.9 Å². The third-order valence-electron chi connectivity index (χ3n) is 2.41. The van der Waals surface area contributed by atoms with Crippen LogP contribution in [0.1, 0.15) is 11.5 Å². The Morgan fingerprint density at radius 3 is 2.80 bits per heavy atom. The number of thioether (sulfide) groups is 2. The largest absolute Gasteiger partial charge is 0.459 e. The second-order valence-corrected chi connectivity index (χ2v) is 7.99. The molecule has 0 aliphatic heterocycles. The molecule has 0 aromatic carbocycles. The first-order chi connectivity index (χ1) is 9.74. The number of hydrogen-bond donors (Lipinski definition) is 0. The lowest BCUT2D eigenvalue weighted by Gasteiger charge is -1.92. The highest BCUT2D eigenvalue weighted by atomic mass is 32.2. The minimum atomic E-state index is 0.805. The molecule has 104 valence electrons. The summed E-state index contributed by atoms with van der Waals surface area (Å²) in [4.78, 5) is 4.59. The molecule has 0 unspecified atom stereocenters. The highest BCUT2D eigenvalue weighted by Gasteiger charge is 2.10. The second-order valence-electron chi connectivity index (χ2n) is 3.88. The maximum Gasteiger partial charge on any atom is 0.175 e. The van der Waals surface area contributed by atoms with E-state index in [4.69, 9.17) is 4.42 Å². The molecule has 0 saturated carbocycles. The van der Waals surface area contributed by atoms with Gasteiger partial charge < -0.3 is 4.42 Å². The van der Waals surface area contributed by atoms with Gasteiger partial charge in [-0.3, -0.25) is 0 Å². The molecule has 4 nitrogen and oxygen atoms in total. The average molecular weight is 342 g/mol. The Bertz CT molecular complexity index is 703. The standard InChI is InChI=1S/C12H11N3OS4/c1-7-3-4-9(16-7)10-13-8(5-18-10)6-19-12-15-14-11(17-2)20-12/h3-5H,6H2,1-2H3. The normalized spacial score (nSPS) is 11.1. The molecular formula is C12H11N3OS4. The number of hydrogen-bond acceptors (Lipinski definition) is 8. The molecule has 20 heavy (non-hydrogen) atoms. The minimum Gasteiger partial charge on any atom is -0.459 e. The van der Waals surface area contributed by atoms with Crippen LogP contribution in [-0.4, -0.2) is 21.4 Å². The Kier molecular flexibility index (Phi) is 4.45.